The van der Waals surface area contributed by atoms with Gasteiger partial charge < -0.3 is 10.3 Å². The Balaban J connectivity index is 2.42. The molecule has 0 saturated heterocycles. The highest BCUT2D eigenvalue weighted by Crippen LogP contribution is 2.27. The van der Waals surface area contributed by atoms with E-state index in [9.17, 15) is 4.79 Å². The Morgan fingerprint density at radius 2 is 2.12 bits per heavy atom. The summed E-state index contributed by atoms with van der Waals surface area (Å²) < 4.78 is 1.65. The van der Waals surface area contributed by atoms with E-state index in [2.05, 4.69) is 4.98 Å². The summed E-state index contributed by atoms with van der Waals surface area (Å²) in [5, 5.41) is 0.918. The number of hydrogen-bond donors (Lipinski definition) is 1. The minimum atomic E-state index is -0.427. The molecule has 1 amide bonds. The Labute approximate surface area is 108 Å². The van der Waals surface area contributed by atoms with Crippen LogP contribution in [0.3, 0.4) is 0 Å². The third kappa shape index (κ3) is 2.60. The van der Waals surface area contributed by atoms with Crippen LogP contribution in [-0.4, -0.2) is 15.5 Å². The first-order chi connectivity index (χ1) is 8.08. The van der Waals surface area contributed by atoms with Crippen LogP contribution in [0.25, 0.3) is 11.4 Å². The molecular weight excluding hydrogens is 261 g/mol. The maximum atomic E-state index is 10.9. The molecule has 4 nitrogen and oxygen atoms in total. The van der Waals surface area contributed by atoms with Crippen LogP contribution in [0, 0.1) is 0 Å². The fraction of sp³-hybridized carbons (Fsp3) is 0.0909. The van der Waals surface area contributed by atoms with Crippen LogP contribution in [0.4, 0.5) is 0 Å². The van der Waals surface area contributed by atoms with Crippen molar-refractivity contribution < 1.29 is 4.79 Å². The molecule has 0 bridgehead atoms. The first-order valence-electron chi connectivity index (χ1n) is 4.83. The first-order valence-corrected chi connectivity index (χ1v) is 5.58. The minimum Gasteiger partial charge on any atom is -0.368 e. The van der Waals surface area contributed by atoms with Crippen molar-refractivity contribution in [3.63, 3.8) is 0 Å². The third-order valence-corrected chi connectivity index (χ3v) is 2.96. The SMILES string of the molecule is NC(=O)Cn1ccnc1-c1ccc(Cl)c(Cl)c1. The summed E-state index contributed by atoms with van der Waals surface area (Å²) in [6, 6.07) is 5.17. The quantitative estimate of drug-likeness (QED) is 0.930. The van der Waals surface area contributed by atoms with Gasteiger partial charge in [0, 0.05) is 18.0 Å². The molecule has 0 saturated carbocycles. The second-order valence-electron chi connectivity index (χ2n) is 3.47. The van der Waals surface area contributed by atoms with Gasteiger partial charge in [-0.25, -0.2) is 4.98 Å². The average molecular weight is 270 g/mol. The van der Waals surface area contributed by atoms with E-state index in [0.29, 0.717) is 15.9 Å². The zero-order valence-corrected chi connectivity index (χ0v) is 10.2. The van der Waals surface area contributed by atoms with E-state index in [-0.39, 0.29) is 6.54 Å². The second kappa shape index (κ2) is 4.77. The van der Waals surface area contributed by atoms with E-state index in [4.69, 9.17) is 28.9 Å². The molecule has 0 aliphatic rings. The van der Waals surface area contributed by atoms with Crippen molar-refractivity contribution in [2.24, 2.45) is 5.73 Å². The van der Waals surface area contributed by atoms with Crippen molar-refractivity contribution in [3.8, 4) is 11.4 Å². The zero-order valence-electron chi connectivity index (χ0n) is 8.73. The highest BCUT2D eigenvalue weighted by Gasteiger charge is 2.09. The lowest BCUT2D eigenvalue weighted by atomic mass is 10.2. The summed E-state index contributed by atoms with van der Waals surface area (Å²) in [5.74, 6) is 0.201. The number of nitrogens with two attached hydrogens (primary N) is 1. The van der Waals surface area contributed by atoms with Crippen LogP contribution < -0.4 is 5.73 Å². The topological polar surface area (TPSA) is 60.9 Å². The molecule has 1 heterocycles. The van der Waals surface area contributed by atoms with Gasteiger partial charge in [-0.2, -0.15) is 0 Å². The lowest BCUT2D eigenvalue weighted by molar-refractivity contribution is -0.118. The largest absolute Gasteiger partial charge is 0.368 e. The monoisotopic (exact) mass is 269 g/mol. The molecule has 17 heavy (non-hydrogen) atoms. The Morgan fingerprint density at radius 1 is 1.35 bits per heavy atom. The van der Waals surface area contributed by atoms with Gasteiger partial charge in [0.25, 0.3) is 0 Å². The van der Waals surface area contributed by atoms with E-state index < -0.39 is 5.91 Å². The van der Waals surface area contributed by atoms with Crippen LogP contribution in [0.5, 0.6) is 0 Å². The Kier molecular flexibility index (Phi) is 3.36. The molecule has 0 radical (unpaired) electrons. The summed E-state index contributed by atoms with van der Waals surface area (Å²) in [7, 11) is 0. The van der Waals surface area contributed by atoms with E-state index in [0.717, 1.165) is 5.56 Å². The standard InChI is InChI=1S/C11H9Cl2N3O/c12-8-2-1-7(5-9(8)13)11-15-3-4-16(11)6-10(14)17/h1-5H,6H2,(H2,14,17). The molecule has 2 rings (SSSR count). The van der Waals surface area contributed by atoms with Gasteiger partial charge in [-0.15, -0.1) is 0 Å². The lowest BCUT2D eigenvalue weighted by Gasteiger charge is -2.06. The van der Waals surface area contributed by atoms with Gasteiger partial charge in [0.05, 0.1) is 10.0 Å². The minimum absolute atomic E-state index is 0.0789. The van der Waals surface area contributed by atoms with Crippen molar-refractivity contribution in [3.05, 3.63) is 40.6 Å². The van der Waals surface area contributed by atoms with Gasteiger partial charge in [0.1, 0.15) is 12.4 Å². The number of hydrogen-bond acceptors (Lipinski definition) is 2. The number of benzene rings is 1. The molecule has 88 valence electrons. The van der Waals surface area contributed by atoms with Gasteiger partial charge in [-0.1, -0.05) is 23.2 Å². The van der Waals surface area contributed by atoms with Crippen molar-refractivity contribution in [1.29, 1.82) is 0 Å². The number of aromatic nitrogens is 2. The molecule has 6 heteroatoms. The third-order valence-electron chi connectivity index (χ3n) is 2.22. The number of amides is 1. The van der Waals surface area contributed by atoms with Crippen LogP contribution in [0.1, 0.15) is 0 Å². The summed E-state index contributed by atoms with van der Waals surface area (Å²) >= 11 is 11.8. The molecule has 2 aromatic rings. The van der Waals surface area contributed by atoms with Gasteiger partial charge >= 0.3 is 0 Å². The molecule has 0 atom stereocenters. The van der Waals surface area contributed by atoms with Crippen molar-refractivity contribution >= 4 is 29.1 Å². The average Bonchev–Trinajstić information content (AvgIpc) is 2.69. The normalized spacial score (nSPS) is 10.5. The summed E-state index contributed by atoms with van der Waals surface area (Å²) in [5.41, 5.74) is 5.93. The maximum absolute atomic E-state index is 10.9. The molecule has 2 N–H and O–H groups in total. The molecule has 0 aliphatic carbocycles. The molecule has 1 aromatic heterocycles. The number of carbonyl (C=O) groups excluding carboxylic acids is 1. The zero-order chi connectivity index (χ0) is 12.4. The highest BCUT2D eigenvalue weighted by molar-refractivity contribution is 6.42. The number of carbonyl (C=O) groups is 1. The van der Waals surface area contributed by atoms with Crippen LogP contribution in [-0.2, 0) is 11.3 Å². The summed E-state index contributed by atoms with van der Waals surface area (Å²) in [6.45, 7) is 0.0789. The van der Waals surface area contributed by atoms with Gasteiger partial charge in [0.15, 0.2) is 0 Å². The van der Waals surface area contributed by atoms with E-state index in [1.807, 2.05) is 0 Å². The highest BCUT2D eigenvalue weighted by atomic mass is 35.5. The maximum Gasteiger partial charge on any atom is 0.237 e. The fourth-order valence-electron chi connectivity index (χ4n) is 1.50. The Hall–Kier alpha value is -1.52. The van der Waals surface area contributed by atoms with Crippen molar-refractivity contribution in [2.75, 3.05) is 0 Å². The van der Waals surface area contributed by atoms with Crippen LogP contribution in [0.2, 0.25) is 10.0 Å². The molecular formula is C11H9Cl2N3O. The van der Waals surface area contributed by atoms with Crippen LogP contribution in [0.15, 0.2) is 30.6 Å². The number of imidazole rings is 1. The fourth-order valence-corrected chi connectivity index (χ4v) is 1.80. The van der Waals surface area contributed by atoms with Gasteiger partial charge in [-0.05, 0) is 18.2 Å². The van der Waals surface area contributed by atoms with Crippen LogP contribution >= 0.6 is 23.2 Å². The smallest absolute Gasteiger partial charge is 0.237 e. The van der Waals surface area contributed by atoms with Crippen molar-refractivity contribution in [2.45, 2.75) is 6.54 Å². The number of nitrogens with zero attached hydrogens (tertiary/aromatic N) is 2. The van der Waals surface area contributed by atoms with E-state index >= 15 is 0 Å². The number of rotatable bonds is 3. The predicted molar refractivity (Wildman–Crippen MR) is 66.9 cm³/mol. The van der Waals surface area contributed by atoms with E-state index in [1.165, 1.54) is 0 Å². The molecule has 0 aliphatic heterocycles. The molecule has 0 unspecified atom stereocenters. The first kappa shape index (κ1) is 12.0. The predicted octanol–water partition coefficient (Wildman–Crippen LogP) is 2.34. The summed E-state index contributed by atoms with van der Waals surface area (Å²) in [4.78, 5) is 15.1. The summed E-state index contributed by atoms with van der Waals surface area (Å²) in [6.07, 6.45) is 3.28. The number of primary amides is 1. The molecule has 0 fully saturated rings. The second-order valence-corrected chi connectivity index (χ2v) is 4.29. The Morgan fingerprint density at radius 3 is 2.76 bits per heavy atom. The molecule has 1 aromatic carbocycles. The van der Waals surface area contributed by atoms with Gasteiger partial charge in [-0.3, -0.25) is 4.79 Å². The number of halogens is 2. The lowest BCUT2D eigenvalue weighted by Crippen LogP contribution is -2.18. The van der Waals surface area contributed by atoms with E-state index in [1.54, 1.807) is 35.2 Å². The van der Waals surface area contributed by atoms with Gasteiger partial charge in [0.2, 0.25) is 5.91 Å². The van der Waals surface area contributed by atoms with Crippen molar-refractivity contribution in [1.82, 2.24) is 9.55 Å². The molecule has 0 spiro atoms. The Bertz CT molecular complexity index is 566.